The van der Waals surface area contributed by atoms with E-state index in [1.165, 1.54) is 186 Å². The van der Waals surface area contributed by atoms with Gasteiger partial charge >= 0.3 is 17.9 Å². The second-order valence-corrected chi connectivity index (χ2v) is 23.1. The SMILES string of the molecule is CC/C=C\C/C=C\C/C=C\C/C=C\C/C=C\CCCCCCCCCCCCCCCCCCCCCC(=O)OCC(COC(=O)CCCCCCCCCCC)OC(=O)CCCCCCCC/C=C\C/C=C\C/C=C\CCCCC. The van der Waals surface area contributed by atoms with Gasteiger partial charge in [0.2, 0.25) is 0 Å². The van der Waals surface area contributed by atoms with Crippen LogP contribution in [0.15, 0.2) is 97.2 Å². The van der Waals surface area contributed by atoms with Crippen molar-refractivity contribution in [2.75, 3.05) is 13.2 Å². The second kappa shape index (κ2) is 68.8. The summed E-state index contributed by atoms with van der Waals surface area (Å²) in [6.45, 7) is 6.50. The topological polar surface area (TPSA) is 78.9 Å². The lowest BCUT2D eigenvalue weighted by Gasteiger charge is -2.18. The van der Waals surface area contributed by atoms with Crippen LogP contribution in [0, 0.1) is 0 Å². The van der Waals surface area contributed by atoms with Crippen LogP contribution >= 0.6 is 0 Å². The van der Waals surface area contributed by atoms with E-state index in [1.807, 2.05) is 0 Å². The molecule has 81 heavy (non-hydrogen) atoms. The summed E-state index contributed by atoms with van der Waals surface area (Å²) in [5.41, 5.74) is 0. The van der Waals surface area contributed by atoms with Gasteiger partial charge in [0.1, 0.15) is 13.2 Å². The van der Waals surface area contributed by atoms with Crippen molar-refractivity contribution in [2.45, 2.75) is 348 Å². The van der Waals surface area contributed by atoms with Gasteiger partial charge in [-0.2, -0.15) is 0 Å². The molecule has 0 saturated heterocycles. The summed E-state index contributed by atoms with van der Waals surface area (Å²) in [4.78, 5) is 38.2. The van der Waals surface area contributed by atoms with Crippen molar-refractivity contribution in [3.8, 4) is 0 Å². The predicted octanol–water partition coefficient (Wildman–Crippen LogP) is 24.0. The van der Waals surface area contributed by atoms with Crippen LogP contribution < -0.4 is 0 Å². The molecule has 6 nitrogen and oxygen atoms in total. The summed E-state index contributed by atoms with van der Waals surface area (Å²) in [6.07, 6.45) is 93.1. The molecule has 0 fully saturated rings. The molecule has 0 spiro atoms. The molecular formula is C75H130O6. The van der Waals surface area contributed by atoms with Gasteiger partial charge < -0.3 is 14.2 Å². The van der Waals surface area contributed by atoms with Crippen molar-refractivity contribution >= 4 is 17.9 Å². The van der Waals surface area contributed by atoms with Crippen LogP contribution in [0.3, 0.4) is 0 Å². The average molecular weight is 1130 g/mol. The Morgan fingerprint density at radius 1 is 0.259 bits per heavy atom. The first-order valence-corrected chi connectivity index (χ1v) is 34.7. The minimum absolute atomic E-state index is 0.0778. The van der Waals surface area contributed by atoms with Gasteiger partial charge in [0.25, 0.3) is 0 Å². The Morgan fingerprint density at radius 2 is 0.481 bits per heavy atom. The van der Waals surface area contributed by atoms with Crippen molar-refractivity contribution in [3.05, 3.63) is 97.2 Å². The summed E-state index contributed by atoms with van der Waals surface area (Å²) in [7, 11) is 0. The van der Waals surface area contributed by atoms with Gasteiger partial charge in [-0.25, -0.2) is 0 Å². The van der Waals surface area contributed by atoms with Crippen molar-refractivity contribution < 1.29 is 28.6 Å². The molecule has 0 rings (SSSR count). The molecule has 0 aromatic heterocycles. The van der Waals surface area contributed by atoms with Gasteiger partial charge in [0, 0.05) is 19.3 Å². The molecule has 0 aromatic rings. The number of esters is 3. The van der Waals surface area contributed by atoms with Crippen LogP contribution in [0.1, 0.15) is 342 Å². The monoisotopic (exact) mass is 1130 g/mol. The van der Waals surface area contributed by atoms with E-state index in [4.69, 9.17) is 14.2 Å². The fraction of sp³-hybridized carbons (Fsp3) is 0.747. The van der Waals surface area contributed by atoms with Crippen molar-refractivity contribution in [1.29, 1.82) is 0 Å². The second-order valence-electron chi connectivity index (χ2n) is 23.1. The van der Waals surface area contributed by atoms with Gasteiger partial charge in [-0.15, -0.1) is 0 Å². The maximum Gasteiger partial charge on any atom is 0.306 e. The van der Waals surface area contributed by atoms with E-state index >= 15 is 0 Å². The van der Waals surface area contributed by atoms with E-state index in [-0.39, 0.29) is 31.1 Å². The summed E-state index contributed by atoms with van der Waals surface area (Å²) < 4.78 is 16.9. The molecule has 0 aliphatic heterocycles. The van der Waals surface area contributed by atoms with E-state index in [9.17, 15) is 14.4 Å². The van der Waals surface area contributed by atoms with Crippen LogP contribution in [0.5, 0.6) is 0 Å². The Kier molecular flexibility index (Phi) is 65.7. The Bertz CT molecular complexity index is 1580. The first-order chi connectivity index (χ1) is 40.0. The summed E-state index contributed by atoms with van der Waals surface area (Å²) in [5, 5.41) is 0. The van der Waals surface area contributed by atoms with Crippen molar-refractivity contribution in [2.24, 2.45) is 0 Å². The highest BCUT2D eigenvalue weighted by Gasteiger charge is 2.19. The quantitative estimate of drug-likeness (QED) is 0.0261. The zero-order valence-corrected chi connectivity index (χ0v) is 53.5. The number of ether oxygens (including phenoxy) is 3. The highest BCUT2D eigenvalue weighted by atomic mass is 16.6. The van der Waals surface area contributed by atoms with Crippen LogP contribution in [-0.4, -0.2) is 37.2 Å². The Labute approximate surface area is 502 Å². The molecule has 0 bridgehead atoms. The van der Waals surface area contributed by atoms with E-state index < -0.39 is 6.10 Å². The Hall–Kier alpha value is -3.67. The smallest absolute Gasteiger partial charge is 0.306 e. The minimum atomic E-state index is -0.781. The zero-order chi connectivity index (χ0) is 58.5. The number of unbranched alkanes of at least 4 members (excludes halogenated alkanes) is 36. The molecule has 0 aliphatic rings. The maximum atomic E-state index is 12.9. The van der Waals surface area contributed by atoms with Crippen LogP contribution in [0.4, 0.5) is 0 Å². The lowest BCUT2D eigenvalue weighted by Crippen LogP contribution is -2.30. The first-order valence-electron chi connectivity index (χ1n) is 34.7. The molecular weight excluding hydrogens is 997 g/mol. The minimum Gasteiger partial charge on any atom is -0.462 e. The lowest BCUT2D eigenvalue weighted by molar-refractivity contribution is -0.167. The lowest BCUT2D eigenvalue weighted by atomic mass is 10.0. The highest BCUT2D eigenvalue weighted by Crippen LogP contribution is 2.17. The molecule has 0 N–H and O–H groups in total. The molecule has 0 aliphatic carbocycles. The van der Waals surface area contributed by atoms with Crippen molar-refractivity contribution in [1.82, 2.24) is 0 Å². The molecule has 0 heterocycles. The predicted molar refractivity (Wildman–Crippen MR) is 353 cm³/mol. The third-order valence-electron chi connectivity index (χ3n) is 15.1. The van der Waals surface area contributed by atoms with Gasteiger partial charge in [0.05, 0.1) is 0 Å². The van der Waals surface area contributed by atoms with Gasteiger partial charge in [-0.1, -0.05) is 317 Å². The highest BCUT2D eigenvalue weighted by molar-refractivity contribution is 5.71. The normalized spacial score (nSPS) is 12.7. The van der Waals surface area contributed by atoms with E-state index in [0.717, 1.165) is 116 Å². The third-order valence-corrected chi connectivity index (χ3v) is 15.1. The molecule has 0 radical (unpaired) electrons. The third kappa shape index (κ3) is 67.0. The Morgan fingerprint density at radius 3 is 0.778 bits per heavy atom. The maximum absolute atomic E-state index is 12.9. The molecule has 6 heteroatoms. The van der Waals surface area contributed by atoms with Crippen LogP contribution in [0.2, 0.25) is 0 Å². The molecule has 1 unspecified atom stereocenters. The fourth-order valence-corrected chi connectivity index (χ4v) is 9.89. The number of hydrogen-bond acceptors (Lipinski definition) is 6. The molecule has 466 valence electrons. The Balaban J connectivity index is 4.07. The van der Waals surface area contributed by atoms with E-state index in [1.54, 1.807) is 0 Å². The number of hydrogen-bond donors (Lipinski definition) is 0. The number of allylic oxidation sites excluding steroid dienone is 16. The van der Waals surface area contributed by atoms with Crippen molar-refractivity contribution in [3.63, 3.8) is 0 Å². The fourth-order valence-electron chi connectivity index (χ4n) is 9.89. The van der Waals surface area contributed by atoms with Gasteiger partial charge in [-0.05, 0) is 103 Å². The molecule has 1 atom stereocenters. The zero-order valence-electron chi connectivity index (χ0n) is 53.5. The molecule has 0 saturated carbocycles. The van der Waals surface area contributed by atoms with Crippen LogP contribution in [-0.2, 0) is 28.6 Å². The number of carbonyl (C=O) groups excluding carboxylic acids is 3. The largest absolute Gasteiger partial charge is 0.462 e. The van der Waals surface area contributed by atoms with E-state index in [2.05, 4.69) is 118 Å². The van der Waals surface area contributed by atoms with E-state index in [0.29, 0.717) is 19.3 Å². The van der Waals surface area contributed by atoms with Crippen LogP contribution in [0.25, 0.3) is 0 Å². The van der Waals surface area contributed by atoms with Gasteiger partial charge in [-0.3, -0.25) is 14.4 Å². The summed E-state index contributed by atoms with van der Waals surface area (Å²) in [5.74, 6) is -0.878. The number of carbonyl (C=O) groups is 3. The summed E-state index contributed by atoms with van der Waals surface area (Å²) >= 11 is 0. The molecule has 0 aromatic carbocycles. The number of rotatable bonds is 63. The first kappa shape index (κ1) is 77.3. The molecule has 0 amide bonds. The van der Waals surface area contributed by atoms with Gasteiger partial charge in [0.15, 0.2) is 6.10 Å². The summed E-state index contributed by atoms with van der Waals surface area (Å²) in [6, 6.07) is 0. The standard InChI is InChI=1S/C75H130O6/c1-4-7-10-13-16-19-21-23-25-27-29-30-31-32-33-34-35-36-37-38-39-40-41-42-43-44-46-47-49-51-53-56-59-62-65-68-74(77)80-71-72(70-79-73(76)67-64-61-58-55-18-15-12-9-6-3)81-75(78)69-66-63-60-57-54-52-50-48-45-28-26-24-22-20-17-14-11-8-5-2/h7,10,16-17,19-20,23-26,29-30,32-33,45,48,72H,4-6,8-9,11-15,18,21-22,27-28,31,34-44,46-47,49-71H2,1-3H3/b10-7-,19-16-,20-17-,25-23-,26-24-,30-29-,33-32-,48-45-. The average Bonchev–Trinajstić information content (AvgIpc) is 3.47.